The third kappa shape index (κ3) is 5.45. The third-order valence-electron chi connectivity index (χ3n) is 7.95. The van der Waals surface area contributed by atoms with E-state index in [1.807, 2.05) is 35.4 Å². The molecular weight excluding hydrogens is 484 g/mol. The van der Waals surface area contributed by atoms with Gasteiger partial charge in [-0.3, -0.25) is 14.8 Å². The highest BCUT2D eigenvalue weighted by Crippen LogP contribution is 2.29. The van der Waals surface area contributed by atoms with E-state index in [0.717, 1.165) is 53.3 Å². The zero-order chi connectivity index (χ0) is 26.6. The van der Waals surface area contributed by atoms with Gasteiger partial charge in [0.25, 0.3) is 0 Å². The van der Waals surface area contributed by atoms with Gasteiger partial charge in [0.15, 0.2) is 0 Å². The highest BCUT2D eigenvalue weighted by molar-refractivity contribution is 5.88. The average molecular weight is 521 g/mol. The molecule has 3 aromatic carbocycles. The molecule has 0 saturated carbocycles. The maximum atomic E-state index is 13.7. The summed E-state index contributed by atoms with van der Waals surface area (Å²) in [5, 5.41) is 10.9. The Morgan fingerprint density at radius 3 is 2.72 bits per heavy atom. The lowest BCUT2D eigenvalue weighted by Crippen LogP contribution is -2.51. The van der Waals surface area contributed by atoms with Crippen LogP contribution in [0.2, 0.25) is 0 Å². The predicted molar refractivity (Wildman–Crippen MR) is 156 cm³/mol. The Labute approximate surface area is 229 Å². The lowest BCUT2D eigenvalue weighted by Gasteiger charge is -2.40. The van der Waals surface area contributed by atoms with Crippen molar-refractivity contribution < 1.29 is 4.79 Å². The number of piperazine rings is 1. The molecule has 200 valence electrons. The minimum Gasteiger partial charge on any atom is -0.340 e. The van der Waals surface area contributed by atoms with Crippen LogP contribution in [0.3, 0.4) is 0 Å². The van der Waals surface area contributed by atoms with Crippen molar-refractivity contribution in [2.24, 2.45) is 0 Å². The molecule has 0 bridgehead atoms. The molecule has 0 radical (unpaired) electrons. The molecule has 1 unspecified atom stereocenters. The van der Waals surface area contributed by atoms with Gasteiger partial charge in [-0.25, -0.2) is 4.98 Å². The first kappa shape index (κ1) is 25.3. The second kappa shape index (κ2) is 11.4. The minimum absolute atomic E-state index is 0.101. The van der Waals surface area contributed by atoms with Gasteiger partial charge in [-0.05, 0) is 35.9 Å². The van der Waals surface area contributed by atoms with Crippen LogP contribution in [-0.4, -0.2) is 62.1 Å². The van der Waals surface area contributed by atoms with Crippen molar-refractivity contribution >= 4 is 27.6 Å². The number of para-hydroxylation sites is 1. The first-order valence-corrected chi connectivity index (χ1v) is 14.2. The molecule has 2 N–H and O–H groups in total. The van der Waals surface area contributed by atoms with Crippen LogP contribution in [0.25, 0.3) is 32.9 Å². The summed E-state index contributed by atoms with van der Waals surface area (Å²) < 4.78 is 0. The van der Waals surface area contributed by atoms with E-state index in [4.69, 9.17) is 4.98 Å². The number of nitrogens with zero attached hydrogens (tertiary/aromatic N) is 4. The highest BCUT2D eigenvalue weighted by Gasteiger charge is 2.33. The molecule has 1 aliphatic heterocycles. The second-order valence-electron chi connectivity index (χ2n) is 10.6. The number of hydrogen-bond donors (Lipinski definition) is 2. The van der Waals surface area contributed by atoms with Crippen LogP contribution in [0.4, 0.5) is 0 Å². The number of imidazole rings is 1. The van der Waals surface area contributed by atoms with E-state index in [1.165, 1.54) is 36.5 Å². The number of unbranched alkanes of at least 4 members (excludes halogenated alkanes) is 3. The SMILES string of the molecule is CCCCCCN1CCN(C(=O)Cc2[nH]nc3ccccc23)C(c2ncc(-c3ccc4ccccc4c3)[nH]2)C1. The van der Waals surface area contributed by atoms with Crippen LogP contribution >= 0.6 is 0 Å². The number of aromatic amines is 2. The molecular formula is C32H36N6O. The van der Waals surface area contributed by atoms with Crippen LogP contribution in [0.1, 0.15) is 50.2 Å². The molecule has 1 aliphatic rings. The van der Waals surface area contributed by atoms with Gasteiger partial charge in [0.1, 0.15) is 11.9 Å². The predicted octanol–water partition coefficient (Wildman–Crippen LogP) is 6.11. The molecule has 2 aromatic heterocycles. The van der Waals surface area contributed by atoms with E-state index in [2.05, 4.69) is 69.5 Å². The van der Waals surface area contributed by atoms with E-state index in [1.54, 1.807) is 0 Å². The first-order chi connectivity index (χ1) is 19.2. The fraction of sp³-hybridized carbons (Fsp3) is 0.344. The molecule has 39 heavy (non-hydrogen) atoms. The fourth-order valence-electron chi connectivity index (χ4n) is 5.75. The van der Waals surface area contributed by atoms with Gasteiger partial charge in [-0.15, -0.1) is 0 Å². The number of carbonyl (C=O) groups excluding carboxylic acids is 1. The molecule has 7 nitrogen and oxygen atoms in total. The number of nitrogens with one attached hydrogen (secondary N) is 2. The van der Waals surface area contributed by atoms with Crippen LogP contribution in [0.5, 0.6) is 0 Å². The van der Waals surface area contributed by atoms with Crippen molar-refractivity contribution in [2.45, 2.75) is 45.1 Å². The molecule has 7 heteroatoms. The van der Waals surface area contributed by atoms with Gasteiger partial charge in [0.05, 0.1) is 29.5 Å². The molecule has 1 amide bonds. The zero-order valence-corrected chi connectivity index (χ0v) is 22.6. The topological polar surface area (TPSA) is 80.9 Å². The Kier molecular flexibility index (Phi) is 7.41. The first-order valence-electron chi connectivity index (χ1n) is 14.2. The summed E-state index contributed by atoms with van der Waals surface area (Å²) in [7, 11) is 0. The highest BCUT2D eigenvalue weighted by atomic mass is 16.2. The lowest BCUT2D eigenvalue weighted by molar-refractivity contribution is -0.136. The molecule has 1 atom stereocenters. The van der Waals surface area contributed by atoms with Gasteiger partial charge >= 0.3 is 0 Å². The number of rotatable bonds is 9. The molecule has 5 aromatic rings. The molecule has 0 spiro atoms. The summed E-state index contributed by atoms with van der Waals surface area (Å²) in [6.07, 6.45) is 7.15. The molecule has 3 heterocycles. The molecule has 1 fully saturated rings. The Hall–Kier alpha value is -3.97. The summed E-state index contributed by atoms with van der Waals surface area (Å²) in [6, 6.07) is 22.7. The standard InChI is InChI=1S/C32H36N6O/c1-2-3-4-9-16-37-17-18-38(31(39)20-28-26-12-7-8-13-27(26)35-36-28)30(22-37)32-33-21-29(34-32)25-15-14-23-10-5-6-11-24(23)19-25/h5-8,10-15,19,21,30H,2-4,9,16-18,20,22H2,1H3,(H,33,34)(H,35,36). The van der Waals surface area contributed by atoms with Gasteiger partial charge in [0.2, 0.25) is 5.91 Å². The van der Waals surface area contributed by atoms with Crippen LogP contribution in [0.15, 0.2) is 72.9 Å². The zero-order valence-electron chi connectivity index (χ0n) is 22.6. The summed E-state index contributed by atoms with van der Waals surface area (Å²) >= 11 is 0. The quantitative estimate of drug-likeness (QED) is 0.230. The van der Waals surface area contributed by atoms with Crippen molar-refractivity contribution in [1.29, 1.82) is 0 Å². The average Bonchev–Trinajstić information content (AvgIpc) is 3.63. The number of benzene rings is 3. The Morgan fingerprint density at radius 1 is 0.974 bits per heavy atom. The van der Waals surface area contributed by atoms with Gasteiger partial charge < -0.3 is 9.88 Å². The minimum atomic E-state index is -0.124. The van der Waals surface area contributed by atoms with Crippen molar-refractivity contribution in [1.82, 2.24) is 30.0 Å². The van der Waals surface area contributed by atoms with Gasteiger partial charge in [-0.2, -0.15) is 5.10 Å². The summed E-state index contributed by atoms with van der Waals surface area (Å²) in [4.78, 5) is 26.7. The number of hydrogen-bond acceptors (Lipinski definition) is 4. The smallest absolute Gasteiger partial charge is 0.229 e. The fourth-order valence-corrected chi connectivity index (χ4v) is 5.75. The molecule has 1 saturated heterocycles. The third-order valence-corrected chi connectivity index (χ3v) is 7.95. The van der Waals surface area contributed by atoms with Crippen molar-refractivity contribution in [3.8, 4) is 11.3 Å². The summed E-state index contributed by atoms with van der Waals surface area (Å²) in [5.41, 5.74) is 3.83. The maximum absolute atomic E-state index is 13.7. The van der Waals surface area contributed by atoms with Crippen LogP contribution < -0.4 is 0 Å². The Morgan fingerprint density at radius 2 is 1.82 bits per heavy atom. The maximum Gasteiger partial charge on any atom is 0.229 e. The number of aromatic nitrogens is 4. The van der Waals surface area contributed by atoms with Crippen LogP contribution in [0, 0.1) is 0 Å². The molecule has 0 aliphatic carbocycles. The number of H-pyrrole nitrogens is 2. The Bertz CT molecular complexity index is 1570. The van der Waals surface area contributed by atoms with Crippen molar-refractivity contribution in [2.75, 3.05) is 26.2 Å². The number of carbonyl (C=O) groups is 1. The van der Waals surface area contributed by atoms with E-state index in [-0.39, 0.29) is 11.9 Å². The van der Waals surface area contributed by atoms with E-state index in [0.29, 0.717) is 13.0 Å². The summed E-state index contributed by atoms with van der Waals surface area (Å²) in [5.74, 6) is 0.947. The normalized spacial score (nSPS) is 16.3. The van der Waals surface area contributed by atoms with E-state index in [9.17, 15) is 4.79 Å². The largest absolute Gasteiger partial charge is 0.340 e. The van der Waals surface area contributed by atoms with E-state index >= 15 is 0 Å². The van der Waals surface area contributed by atoms with E-state index < -0.39 is 0 Å². The van der Waals surface area contributed by atoms with Crippen molar-refractivity contribution in [3.63, 3.8) is 0 Å². The van der Waals surface area contributed by atoms with Crippen molar-refractivity contribution in [3.05, 3.63) is 84.4 Å². The number of amides is 1. The number of fused-ring (bicyclic) bond motifs is 2. The van der Waals surface area contributed by atoms with Gasteiger partial charge in [0, 0.05) is 30.6 Å². The van der Waals surface area contributed by atoms with Crippen LogP contribution in [-0.2, 0) is 11.2 Å². The summed E-state index contributed by atoms with van der Waals surface area (Å²) in [6.45, 7) is 5.66. The Balaban J connectivity index is 1.25. The second-order valence-corrected chi connectivity index (χ2v) is 10.6. The van der Waals surface area contributed by atoms with Gasteiger partial charge in [-0.1, -0.05) is 80.8 Å². The monoisotopic (exact) mass is 520 g/mol. The molecule has 6 rings (SSSR count). The lowest BCUT2D eigenvalue weighted by atomic mass is 10.1.